The van der Waals surface area contributed by atoms with Crippen molar-refractivity contribution in [1.82, 2.24) is 25.1 Å². The van der Waals surface area contributed by atoms with Crippen LogP contribution in [0.5, 0.6) is 0 Å². The number of anilines is 1. The van der Waals surface area contributed by atoms with Gasteiger partial charge in [0, 0.05) is 19.2 Å². The Balaban J connectivity index is 1.74. The lowest BCUT2D eigenvalue weighted by Crippen LogP contribution is -2.27. The maximum Gasteiger partial charge on any atom is 0.276 e. The summed E-state index contributed by atoms with van der Waals surface area (Å²) in [6.45, 7) is 1.97. The van der Waals surface area contributed by atoms with Gasteiger partial charge >= 0.3 is 0 Å². The molecule has 2 N–H and O–H groups in total. The van der Waals surface area contributed by atoms with Crippen LogP contribution in [-0.2, 0) is 7.05 Å². The Morgan fingerprint density at radius 3 is 2.90 bits per heavy atom. The Morgan fingerprint density at radius 2 is 2.19 bits per heavy atom. The van der Waals surface area contributed by atoms with E-state index in [4.69, 9.17) is 0 Å². The van der Waals surface area contributed by atoms with Crippen LogP contribution < -0.4 is 10.6 Å². The summed E-state index contributed by atoms with van der Waals surface area (Å²) in [5.41, 5.74) is 0.365. The Hall–Kier alpha value is -2.28. The first kappa shape index (κ1) is 13.7. The molecule has 0 bridgehead atoms. The Labute approximate surface area is 122 Å². The third-order valence-electron chi connectivity index (χ3n) is 3.61. The van der Waals surface area contributed by atoms with Crippen molar-refractivity contribution in [2.75, 3.05) is 18.4 Å². The Bertz CT molecular complexity index is 618. The van der Waals surface area contributed by atoms with Crippen LogP contribution in [0.15, 0.2) is 24.4 Å². The predicted octanol–water partition coefficient (Wildman–Crippen LogP) is 0.929. The molecule has 2 aromatic rings. The normalized spacial score (nSPS) is 15.9. The fourth-order valence-corrected chi connectivity index (χ4v) is 2.43. The standard InChI is InChI=1S/C14H18N6O/c1-20-14(18-13(21)11-4-2-3-7-16-11)17-12(19-20)10-5-8-15-9-6-10/h2-4,7,10,15H,5-6,8-9H2,1H3,(H,17,18,19,21). The van der Waals surface area contributed by atoms with Gasteiger partial charge in [-0.3, -0.25) is 15.1 Å². The number of amides is 1. The summed E-state index contributed by atoms with van der Waals surface area (Å²) in [4.78, 5) is 20.6. The number of hydrogen-bond acceptors (Lipinski definition) is 5. The lowest BCUT2D eigenvalue weighted by atomic mass is 9.98. The minimum absolute atomic E-state index is 0.275. The molecule has 0 radical (unpaired) electrons. The molecule has 1 aliphatic heterocycles. The predicted molar refractivity (Wildman–Crippen MR) is 78.0 cm³/mol. The minimum Gasteiger partial charge on any atom is -0.317 e. The summed E-state index contributed by atoms with van der Waals surface area (Å²) in [6, 6.07) is 5.22. The molecule has 0 atom stereocenters. The lowest BCUT2D eigenvalue weighted by Gasteiger charge is -2.19. The maximum atomic E-state index is 12.1. The molecule has 1 saturated heterocycles. The third-order valence-corrected chi connectivity index (χ3v) is 3.61. The highest BCUT2D eigenvalue weighted by Gasteiger charge is 2.21. The van der Waals surface area contributed by atoms with E-state index in [0.717, 1.165) is 31.8 Å². The first-order valence-corrected chi connectivity index (χ1v) is 7.08. The summed E-state index contributed by atoms with van der Waals surface area (Å²) >= 11 is 0. The number of rotatable bonds is 3. The molecule has 0 spiro atoms. The number of pyridine rings is 1. The van der Waals surface area contributed by atoms with Crippen molar-refractivity contribution in [1.29, 1.82) is 0 Å². The summed E-state index contributed by atoms with van der Waals surface area (Å²) in [6.07, 6.45) is 3.64. The van der Waals surface area contributed by atoms with E-state index < -0.39 is 0 Å². The highest BCUT2D eigenvalue weighted by Crippen LogP contribution is 2.23. The molecule has 1 amide bonds. The van der Waals surface area contributed by atoms with Crippen LogP contribution in [0.3, 0.4) is 0 Å². The van der Waals surface area contributed by atoms with Gasteiger partial charge in [0.15, 0.2) is 5.82 Å². The number of nitrogens with zero attached hydrogens (tertiary/aromatic N) is 4. The molecule has 110 valence electrons. The summed E-state index contributed by atoms with van der Waals surface area (Å²) in [7, 11) is 1.78. The van der Waals surface area contributed by atoms with Gasteiger partial charge in [-0.1, -0.05) is 6.07 Å². The van der Waals surface area contributed by atoms with E-state index in [2.05, 4.69) is 25.7 Å². The number of carbonyl (C=O) groups is 1. The third kappa shape index (κ3) is 3.08. The van der Waals surface area contributed by atoms with Gasteiger partial charge in [0.1, 0.15) is 5.69 Å². The molecule has 0 saturated carbocycles. The Morgan fingerprint density at radius 1 is 1.38 bits per heavy atom. The van der Waals surface area contributed by atoms with Crippen molar-refractivity contribution in [2.45, 2.75) is 18.8 Å². The van der Waals surface area contributed by atoms with Crippen LogP contribution in [0.4, 0.5) is 5.95 Å². The van der Waals surface area contributed by atoms with E-state index in [-0.39, 0.29) is 5.91 Å². The van der Waals surface area contributed by atoms with Crippen LogP contribution in [-0.4, -0.2) is 38.7 Å². The second-order valence-electron chi connectivity index (χ2n) is 5.11. The van der Waals surface area contributed by atoms with Crippen molar-refractivity contribution in [2.24, 2.45) is 7.05 Å². The number of carbonyl (C=O) groups excluding carboxylic acids is 1. The van der Waals surface area contributed by atoms with E-state index in [9.17, 15) is 4.79 Å². The molecule has 2 aromatic heterocycles. The first-order valence-electron chi connectivity index (χ1n) is 7.08. The zero-order valence-electron chi connectivity index (χ0n) is 11.9. The molecule has 0 unspecified atom stereocenters. The molecule has 1 fully saturated rings. The molecular weight excluding hydrogens is 268 g/mol. The van der Waals surface area contributed by atoms with E-state index in [1.54, 1.807) is 36.1 Å². The number of piperidine rings is 1. The van der Waals surface area contributed by atoms with Crippen LogP contribution in [0.1, 0.15) is 35.1 Å². The summed E-state index contributed by atoms with van der Waals surface area (Å²) in [5, 5.41) is 10.5. The highest BCUT2D eigenvalue weighted by atomic mass is 16.2. The largest absolute Gasteiger partial charge is 0.317 e. The SMILES string of the molecule is Cn1nc(C2CCNCC2)nc1NC(=O)c1ccccn1. The van der Waals surface area contributed by atoms with Gasteiger partial charge in [0.25, 0.3) is 5.91 Å². The molecule has 3 rings (SSSR count). The van der Waals surface area contributed by atoms with Crippen molar-refractivity contribution >= 4 is 11.9 Å². The number of aromatic nitrogens is 4. The van der Waals surface area contributed by atoms with Gasteiger partial charge in [0.05, 0.1) is 0 Å². The van der Waals surface area contributed by atoms with Crippen LogP contribution in [0.25, 0.3) is 0 Å². The van der Waals surface area contributed by atoms with Crippen molar-refractivity contribution in [3.63, 3.8) is 0 Å². The number of hydrogen-bond donors (Lipinski definition) is 2. The van der Waals surface area contributed by atoms with Crippen molar-refractivity contribution in [3.05, 3.63) is 35.9 Å². The Kier molecular flexibility index (Phi) is 3.92. The topological polar surface area (TPSA) is 84.7 Å². The van der Waals surface area contributed by atoms with Gasteiger partial charge in [-0.25, -0.2) is 4.68 Å². The van der Waals surface area contributed by atoms with E-state index >= 15 is 0 Å². The average Bonchev–Trinajstić information content (AvgIpc) is 2.90. The molecule has 0 aliphatic carbocycles. The molecule has 21 heavy (non-hydrogen) atoms. The number of nitrogens with one attached hydrogen (secondary N) is 2. The second-order valence-corrected chi connectivity index (χ2v) is 5.11. The quantitative estimate of drug-likeness (QED) is 0.877. The van der Waals surface area contributed by atoms with E-state index in [0.29, 0.717) is 17.6 Å². The second kappa shape index (κ2) is 6.01. The van der Waals surface area contributed by atoms with Gasteiger partial charge in [-0.15, -0.1) is 0 Å². The smallest absolute Gasteiger partial charge is 0.276 e. The molecular formula is C14H18N6O. The van der Waals surface area contributed by atoms with E-state index in [1.165, 1.54) is 0 Å². The number of aryl methyl sites for hydroxylation is 1. The van der Waals surface area contributed by atoms with Gasteiger partial charge < -0.3 is 5.32 Å². The first-order chi connectivity index (χ1) is 10.2. The zero-order valence-corrected chi connectivity index (χ0v) is 11.9. The monoisotopic (exact) mass is 286 g/mol. The van der Waals surface area contributed by atoms with Crippen molar-refractivity contribution in [3.8, 4) is 0 Å². The van der Waals surface area contributed by atoms with E-state index in [1.807, 2.05) is 0 Å². The van der Waals surface area contributed by atoms with Crippen molar-refractivity contribution < 1.29 is 4.79 Å². The van der Waals surface area contributed by atoms with Crippen LogP contribution >= 0.6 is 0 Å². The average molecular weight is 286 g/mol. The van der Waals surface area contributed by atoms with Gasteiger partial charge in [0.2, 0.25) is 5.95 Å². The van der Waals surface area contributed by atoms with Gasteiger partial charge in [-0.2, -0.15) is 10.1 Å². The fourth-order valence-electron chi connectivity index (χ4n) is 2.43. The van der Waals surface area contributed by atoms with Crippen LogP contribution in [0, 0.1) is 0 Å². The zero-order chi connectivity index (χ0) is 14.7. The maximum absolute atomic E-state index is 12.1. The van der Waals surface area contributed by atoms with Crippen LogP contribution in [0.2, 0.25) is 0 Å². The molecule has 1 aliphatic rings. The highest BCUT2D eigenvalue weighted by molar-refractivity contribution is 6.01. The minimum atomic E-state index is -0.275. The van der Waals surface area contributed by atoms with Gasteiger partial charge in [-0.05, 0) is 38.1 Å². The molecule has 7 heteroatoms. The fraction of sp³-hybridized carbons (Fsp3) is 0.429. The molecule has 0 aromatic carbocycles. The lowest BCUT2D eigenvalue weighted by molar-refractivity contribution is 0.102. The summed E-state index contributed by atoms with van der Waals surface area (Å²) < 4.78 is 1.61. The summed E-state index contributed by atoms with van der Waals surface area (Å²) in [5.74, 6) is 1.34. The molecule has 7 nitrogen and oxygen atoms in total. The molecule has 3 heterocycles.